The molecule has 2 heterocycles. The van der Waals surface area contributed by atoms with Gasteiger partial charge in [-0.3, -0.25) is 9.69 Å². The zero-order valence-electron chi connectivity index (χ0n) is 13.0. The van der Waals surface area contributed by atoms with Gasteiger partial charge in [0.15, 0.2) is 0 Å². The average Bonchev–Trinajstić information content (AvgIpc) is 3.01. The molecule has 7 heteroatoms. The van der Waals surface area contributed by atoms with E-state index >= 15 is 0 Å². The monoisotopic (exact) mass is 324 g/mol. The Balaban J connectivity index is 1.63. The number of amides is 3. The van der Waals surface area contributed by atoms with Gasteiger partial charge in [0, 0.05) is 44.1 Å². The van der Waals surface area contributed by atoms with Gasteiger partial charge in [-0.15, -0.1) is 11.3 Å². The van der Waals surface area contributed by atoms with Crippen molar-refractivity contribution in [2.75, 3.05) is 45.8 Å². The van der Waals surface area contributed by atoms with Gasteiger partial charge in [0.05, 0.1) is 6.54 Å². The molecule has 1 saturated heterocycles. The summed E-state index contributed by atoms with van der Waals surface area (Å²) in [6, 6.07) is 4.10. The quantitative estimate of drug-likeness (QED) is 0.812. The van der Waals surface area contributed by atoms with Gasteiger partial charge in [-0.05, 0) is 24.8 Å². The Kier molecular flexibility index (Phi) is 6.67. The number of nitrogens with zero attached hydrogens (tertiary/aromatic N) is 2. The molecule has 122 valence electrons. The first-order valence-corrected chi connectivity index (χ1v) is 8.61. The van der Waals surface area contributed by atoms with E-state index in [4.69, 9.17) is 0 Å². The number of carbonyl (C=O) groups is 2. The Morgan fingerprint density at radius 2 is 2.00 bits per heavy atom. The minimum atomic E-state index is -0.00536. The van der Waals surface area contributed by atoms with Crippen LogP contribution in [0.4, 0.5) is 4.79 Å². The van der Waals surface area contributed by atoms with Crippen molar-refractivity contribution in [1.29, 1.82) is 0 Å². The zero-order valence-corrected chi connectivity index (χ0v) is 13.8. The molecule has 0 spiro atoms. The van der Waals surface area contributed by atoms with Crippen LogP contribution < -0.4 is 10.6 Å². The predicted molar refractivity (Wildman–Crippen MR) is 88.1 cm³/mol. The highest BCUT2D eigenvalue weighted by Gasteiger charge is 2.21. The third-order valence-electron chi connectivity index (χ3n) is 3.63. The lowest BCUT2D eigenvalue weighted by Gasteiger charge is -2.34. The molecule has 1 aromatic rings. The van der Waals surface area contributed by atoms with Gasteiger partial charge in [-0.1, -0.05) is 6.07 Å². The average molecular weight is 324 g/mol. The van der Waals surface area contributed by atoms with Gasteiger partial charge in [0.25, 0.3) is 0 Å². The molecule has 1 fully saturated rings. The summed E-state index contributed by atoms with van der Waals surface area (Å²) < 4.78 is 0. The second-order valence-electron chi connectivity index (χ2n) is 5.28. The van der Waals surface area contributed by atoms with Crippen molar-refractivity contribution >= 4 is 23.3 Å². The molecule has 0 aliphatic carbocycles. The Morgan fingerprint density at radius 1 is 1.23 bits per heavy atom. The third kappa shape index (κ3) is 5.31. The second kappa shape index (κ2) is 8.75. The van der Waals surface area contributed by atoms with Crippen molar-refractivity contribution in [2.24, 2.45) is 0 Å². The molecule has 0 aromatic carbocycles. The summed E-state index contributed by atoms with van der Waals surface area (Å²) in [7, 11) is 0. The number of hydrogen-bond acceptors (Lipinski definition) is 4. The van der Waals surface area contributed by atoms with Crippen LogP contribution in [0.1, 0.15) is 11.8 Å². The summed E-state index contributed by atoms with van der Waals surface area (Å²) in [5.74, 6) is 0.0522. The minimum Gasteiger partial charge on any atom is -0.355 e. The minimum absolute atomic E-state index is 0.00536. The van der Waals surface area contributed by atoms with Crippen LogP contribution in [0.15, 0.2) is 17.5 Å². The number of urea groups is 1. The summed E-state index contributed by atoms with van der Waals surface area (Å²) in [5.41, 5.74) is 0. The Labute approximate surface area is 135 Å². The maximum Gasteiger partial charge on any atom is 0.317 e. The van der Waals surface area contributed by atoms with Gasteiger partial charge in [-0.2, -0.15) is 0 Å². The van der Waals surface area contributed by atoms with Gasteiger partial charge in [0.2, 0.25) is 5.91 Å². The molecule has 22 heavy (non-hydrogen) atoms. The van der Waals surface area contributed by atoms with Crippen LogP contribution in [-0.2, 0) is 11.2 Å². The summed E-state index contributed by atoms with van der Waals surface area (Å²) >= 11 is 1.71. The number of piperazine rings is 1. The van der Waals surface area contributed by atoms with Gasteiger partial charge in [-0.25, -0.2) is 4.79 Å². The van der Waals surface area contributed by atoms with Crippen LogP contribution in [0.2, 0.25) is 0 Å². The molecule has 2 N–H and O–H groups in total. The van der Waals surface area contributed by atoms with E-state index < -0.39 is 0 Å². The Hall–Kier alpha value is -1.60. The van der Waals surface area contributed by atoms with E-state index in [-0.39, 0.29) is 11.9 Å². The smallest absolute Gasteiger partial charge is 0.317 e. The molecule has 1 aromatic heterocycles. The van der Waals surface area contributed by atoms with Crippen LogP contribution in [0, 0.1) is 0 Å². The van der Waals surface area contributed by atoms with Crippen LogP contribution >= 0.6 is 11.3 Å². The standard InChI is InChI=1S/C15H24N4O2S/c1-2-16-14(20)12-18-7-9-19(10-8-18)15(21)17-6-5-13-4-3-11-22-13/h3-4,11H,2,5-10,12H2,1H3,(H,16,20)(H,17,21). The molecule has 3 amide bonds. The van der Waals surface area contributed by atoms with Crippen molar-refractivity contribution in [2.45, 2.75) is 13.3 Å². The third-order valence-corrected chi connectivity index (χ3v) is 4.56. The van der Waals surface area contributed by atoms with E-state index in [0.717, 1.165) is 19.5 Å². The number of hydrogen-bond donors (Lipinski definition) is 2. The lowest BCUT2D eigenvalue weighted by molar-refractivity contribution is -0.122. The predicted octanol–water partition coefficient (Wildman–Crippen LogP) is 0.754. The molecule has 6 nitrogen and oxygen atoms in total. The van der Waals surface area contributed by atoms with E-state index in [9.17, 15) is 9.59 Å². The fourth-order valence-electron chi connectivity index (χ4n) is 2.42. The van der Waals surface area contributed by atoms with Gasteiger partial charge in [0.1, 0.15) is 0 Å². The van der Waals surface area contributed by atoms with Crippen LogP contribution in [0.25, 0.3) is 0 Å². The molecule has 1 aliphatic heterocycles. The lowest BCUT2D eigenvalue weighted by Crippen LogP contribution is -2.53. The van der Waals surface area contributed by atoms with Crippen molar-refractivity contribution in [1.82, 2.24) is 20.4 Å². The van der Waals surface area contributed by atoms with E-state index in [1.54, 1.807) is 11.3 Å². The molecule has 0 unspecified atom stereocenters. The van der Waals surface area contributed by atoms with Crippen LogP contribution in [-0.4, -0.2) is 67.6 Å². The molecule has 1 aliphatic rings. The summed E-state index contributed by atoms with van der Waals surface area (Å²) in [6.07, 6.45) is 0.876. The number of thiophene rings is 1. The highest BCUT2D eigenvalue weighted by atomic mass is 32.1. The summed E-state index contributed by atoms with van der Waals surface area (Å²) in [4.78, 5) is 28.8. The molecular formula is C15H24N4O2S. The number of carbonyl (C=O) groups excluding carboxylic acids is 2. The maximum atomic E-state index is 12.1. The first-order valence-electron chi connectivity index (χ1n) is 7.73. The highest BCUT2D eigenvalue weighted by molar-refractivity contribution is 7.09. The topological polar surface area (TPSA) is 64.7 Å². The highest BCUT2D eigenvalue weighted by Crippen LogP contribution is 2.08. The molecule has 0 atom stereocenters. The number of likely N-dealkylation sites (N-methyl/N-ethyl adjacent to an activating group) is 1. The molecule has 0 saturated carbocycles. The summed E-state index contributed by atoms with van der Waals surface area (Å²) in [5, 5.41) is 7.80. The first-order chi connectivity index (χ1) is 10.7. The first kappa shape index (κ1) is 16.8. The summed E-state index contributed by atoms with van der Waals surface area (Å²) in [6.45, 7) is 6.49. The van der Waals surface area contributed by atoms with E-state index in [2.05, 4.69) is 21.6 Å². The molecule has 0 bridgehead atoms. The van der Waals surface area contributed by atoms with Crippen molar-refractivity contribution in [3.63, 3.8) is 0 Å². The van der Waals surface area contributed by atoms with Crippen LogP contribution in [0.5, 0.6) is 0 Å². The maximum absolute atomic E-state index is 12.1. The lowest BCUT2D eigenvalue weighted by atomic mass is 10.3. The normalized spacial score (nSPS) is 15.6. The SMILES string of the molecule is CCNC(=O)CN1CCN(C(=O)NCCc2cccs2)CC1. The Morgan fingerprint density at radius 3 is 2.64 bits per heavy atom. The number of rotatable bonds is 6. The van der Waals surface area contributed by atoms with Crippen LogP contribution in [0.3, 0.4) is 0 Å². The molecular weight excluding hydrogens is 300 g/mol. The zero-order chi connectivity index (χ0) is 15.8. The number of nitrogens with one attached hydrogen (secondary N) is 2. The van der Waals surface area contributed by atoms with Crippen molar-refractivity contribution < 1.29 is 9.59 Å². The second-order valence-corrected chi connectivity index (χ2v) is 6.31. The van der Waals surface area contributed by atoms with Gasteiger partial charge >= 0.3 is 6.03 Å². The van der Waals surface area contributed by atoms with E-state index in [0.29, 0.717) is 32.7 Å². The van der Waals surface area contributed by atoms with E-state index in [1.807, 2.05) is 23.3 Å². The molecule has 2 rings (SSSR count). The fraction of sp³-hybridized carbons (Fsp3) is 0.600. The Bertz CT molecular complexity index is 470. The van der Waals surface area contributed by atoms with Crippen molar-refractivity contribution in [3.05, 3.63) is 22.4 Å². The van der Waals surface area contributed by atoms with Crippen molar-refractivity contribution in [3.8, 4) is 0 Å². The fourth-order valence-corrected chi connectivity index (χ4v) is 3.13. The largest absolute Gasteiger partial charge is 0.355 e. The molecule has 0 radical (unpaired) electrons. The van der Waals surface area contributed by atoms with Gasteiger partial charge < -0.3 is 15.5 Å². The van der Waals surface area contributed by atoms with E-state index in [1.165, 1.54) is 4.88 Å².